The van der Waals surface area contributed by atoms with Gasteiger partial charge in [-0.1, -0.05) is 29.8 Å². The zero-order valence-corrected chi connectivity index (χ0v) is 16.9. The van der Waals surface area contributed by atoms with Gasteiger partial charge in [0.15, 0.2) is 0 Å². The average molecular weight is 434 g/mol. The van der Waals surface area contributed by atoms with E-state index in [1.165, 1.54) is 23.5 Å². The first kappa shape index (κ1) is 18.9. The maximum Gasteiger partial charge on any atom is 0.267 e. The van der Waals surface area contributed by atoms with Gasteiger partial charge in [0.05, 0.1) is 26.8 Å². The van der Waals surface area contributed by atoms with Crippen LogP contribution in [0.15, 0.2) is 59.6 Å². The second-order valence-electron chi connectivity index (χ2n) is 6.40. The summed E-state index contributed by atoms with van der Waals surface area (Å²) in [6.07, 6.45) is 3.80. The number of nitrogens with zero attached hydrogens (tertiary/aromatic N) is 1. The van der Waals surface area contributed by atoms with E-state index in [-0.39, 0.29) is 16.5 Å². The summed E-state index contributed by atoms with van der Waals surface area (Å²) >= 11 is 7.40. The van der Waals surface area contributed by atoms with Gasteiger partial charge in [0.1, 0.15) is 4.88 Å². The number of rotatable bonds is 6. The van der Waals surface area contributed by atoms with Crippen molar-refractivity contribution >= 4 is 50.2 Å². The summed E-state index contributed by atoms with van der Waals surface area (Å²) in [7, 11) is -3.85. The van der Waals surface area contributed by atoms with Crippen LogP contribution < -0.4 is 10.0 Å². The number of anilines is 2. The first-order valence-corrected chi connectivity index (χ1v) is 11.2. The molecule has 1 heterocycles. The molecule has 1 aliphatic carbocycles. The zero-order valence-electron chi connectivity index (χ0n) is 14.6. The quantitative estimate of drug-likeness (QED) is 0.588. The number of hydrogen-bond donors (Lipinski definition) is 2. The lowest BCUT2D eigenvalue weighted by molar-refractivity contribution is 0.103. The fourth-order valence-electron chi connectivity index (χ4n) is 2.59. The van der Waals surface area contributed by atoms with Crippen molar-refractivity contribution < 1.29 is 13.2 Å². The van der Waals surface area contributed by atoms with Gasteiger partial charge in [-0.3, -0.25) is 9.52 Å². The molecule has 0 atom stereocenters. The van der Waals surface area contributed by atoms with E-state index in [0.717, 1.165) is 17.8 Å². The Balaban J connectivity index is 1.51. The molecule has 0 radical (unpaired) electrons. The minimum atomic E-state index is -3.85. The highest BCUT2D eigenvalue weighted by Gasteiger charge is 2.27. The third-order valence-electron chi connectivity index (χ3n) is 4.19. The fraction of sp³-hybridized carbons (Fsp3) is 0.158. The number of carbonyl (C=O) groups excluding carboxylic acids is 1. The minimum absolute atomic E-state index is 0.0215. The minimum Gasteiger partial charge on any atom is -0.321 e. The predicted molar refractivity (Wildman–Crippen MR) is 111 cm³/mol. The van der Waals surface area contributed by atoms with Gasteiger partial charge in [-0.25, -0.2) is 13.4 Å². The van der Waals surface area contributed by atoms with Crippen LogP contribution in [0.25, 0.3) is 0 Å². The largest absolute Gasteiger partial charge is 0.321 e. The second kappa shape index (κ2) is 7.54. The predicted octanol–water partition coefficient (Wildman–Crippen LogP) is 4.73. The molecule has 0 aliphatic heterocycles. The Bertz CT molecular complexity index is 1140. The van der Waals surface area contributed by atoms with E-state index >= 15 is 0 Å². The highest BCUT2D eigenvalue weighted by atomic mass is 35.5. The smallest absolute Gasteiger partial charge is 0.267 e. The van der Waals surface area contributed by atoms with Gasteiger partial charge in [0.25, 0.3) is 15.9 Å². The van der Waals surface area contributed by atoms with Gasteiger partial charge in [0, 0.05) is 11.6 Å². The first-order valence-electron chi connectivity index (χ1n) is 8.57. The van der Waals surface area contributed by atoms with E-state index in [1.54, 1.807) is 42.6 Å². The molecule has 0 spiro atoms. The number of amides is 1. The summed E-state index contributed by atoms with van der Waals surface area (Å²) in [4.78, 5) is 17.3. The molecule has 1 aliphatic rings. The Hall–Kier alpha value is -2.42. The van der Waals surface area contributed by atoms with Crippen LogP contribution in [0, 0.1) is 0 Å². The Kier molecular flexibility index (Phi) is 5.09. The van der Waals surface area contributed by atoms with Crippen molar-refractivity contribution in [3.05, 3.63) is 69.6 Å². The average Bonchev–Trinajstić information content (AvgIpc) is 3.40. The number of hydrogen-bond acceptors (Lipinski definition) is 5. The molecule has 9 heteroatoms. The number of sulfonamides is 1. The normalized spacial score (nSPS) is 13.9. The zero-order chi connectivity index (χ0) is 19.7. The van der Waals surface area contributed by atoms with Crippen LogP contribution in [0.3, 0.4) is 0 Å². The molecule has 144 valence electrons. The third-order valence-corrected chi connectivity index (χ3v) is 7.05. The summed E-state index contributed by atoms with van der Waals surface area (Å²) in [5, 5.41) is 4.01. The van der Waals surface area contributed by atoms with E-state index in [0.29, 0.717) is 21.5 Å². The van der Waals surface area contributed by atoms with Crippen LogP contribution in [-0.2, 0) is 10.0 Å². The number of para-hydroxylation sites is 1. The number of benzene rings is 2. The van der Waals surface area contributed by atoms with Crippen molar-refractivity contribution in [2.75, 3.05) is 10.0 Å². The van der Waals surface area contributed by atoms with E-state index in [9.17, 15) is 13.2 Å². The topological polar surface area (TPSA) is 88.2 Å². The first-order chi connectivity index (χ1) is 13.4. The highest BCUT2D eigenvalue weighted by molar-refractivity contribution is 7.92. The van der Waals surface area contributed by atoms with E-state index in [2.05, 4.69) is 15.0 Å². The SMILES string of the molecule is O=C(Nc1cccc(S(=O)(=O)Nc2ccccc2Cl)c1)c1cnc(C2CC2)s1. The summed E-state index contributed by atoms with van der Waals surface area (Å²) in [5.74, 6) is 0.175. The van der Waals surface area contributed by atoms with Crippen LogP contribution in [-0.4, -0.2) is 19.3 Å². The molecule has 3 aromatic rings. The van der Waals surface area contributed by atoms with Crippen LogP contribution in [0.5, 0.6) is 0 Å². The summed E-state index contributed by atoms with van der Waals surface area (Å²) in [6.45, 7) is 0. The lowest BCUT2D eigenvalue weighted by atomic mass is 10.3. The van der Waals surface area contributed by atoms with Gasteiger partial charge in [0.2, 0.25) is 0 Å². The number of aromatic nitrogens is 1. The molecule has 1 amide bonds. The number of carbonyl (C=O) groups is 1. The molecule has 0 bridgehead atoms. The Morgan fingerprint density at radius 1 is 1.14 bits per heavy atom. The summed E-state index contributed by atoms with van der Waals surface area (Å²) < 4.78 is 27.8. The Morgan fingerprint density at radius 3 is 2.68 bits per heavy atom. The molecule has 2 aromatic carbocycles. The molecule has 0 unspecified atom stereocenters. The monoisotopic (exact) mass is 433 g/mol. The van der Waals surface area contributed by atoms with Crippen molar-refractivity contribution in [3.63, 3.8) is 0 Å². The Labute approximate surface area is 171 Å². The van der Waals surface area contributed by atoms with Crippen LogP contribution in [0.4, 0.5) is 11.4 Å². The molecule has 0 saturated heterocycles. The number of nitrogens with one attached hydrogen (secondary N) is 2. The van der Waals surface area contributed by atoms with Gasteiger partial charge in [-0.05, 0) is 43.2 Å². The van der Waals surface area contributed by atoms with Crippen molar-refractivity contribution in [2.45, 2.75) is 23.7 Å². The third kappa shape index (κ3) is 4.19. The number of thiazole rings is 1. The van der Waals surface area contributed by atoms with Crippen molar-refractivity contribution in [1.82, 2.24) is 4.98 Å². The maximum atomic E-state index is 12.7. The molecule has 2 N–H and O–H groups in total. The van der Waals surface area contributed by atoms with Crippen molar-refractivity contribution in [2.24, 2.45) is 0 Å². The van der Waals surface area contributed by atoms with Crippen molar-refractivity contribution in [1.29, 1.82) is 0 Å². The van der Waals surface area contributed by atoms with Crippen LogP contribution in [0.2, 0.25) is 5.02 Å². The molecule has 1 fully saturated rings. The van der Waals surface area contributed by atoms with Gasteiger partial charge in [-0.2, -0.15) is 0 Å². The van der Waals surface area contributed by atoms with E-state index in [1.807, 2.05) is 0 Å². The second-order valence-corrected chi connectivity index (χ2v) is 9.56. The van der Waals surface area contributed by atoms with Gasteiger partial charge >= 0.3 is 0 Å². The highest BCUT2D eigenvalue weighted by Crippen LogP contribution is 2.41. The van der Waals surface area contributed by atoms with Crippen LogP contribution in [0.1, 0.15) is 33.4 Å². The molecular weight excluding hydrogens is 418 g/mol. The van der Waals surface area contributed by atoms with Crippen LogP contribution >= 0.6 is 22.9 Å². The summed E-state index contributed by atoms with van der Waals surface area (Å²) in [6, 6.07) is 12.6. The Morgan fingerprint density at radius 2 is 1.93 bits per heavy atom. The molecule has 1 aromatic heterocycles. The lowest BCUT2D eigenvalue weighted by Crippen LogP contribution is -2.14. The molecule has 1 saturated carbocycles. The van der Waals surface area contributed by atoms with E-state index in [4.69, 9.17) is 11.6 Å². The summed E-state index contributed by atoms with van der Waals surface area (Å²) in [5.41, 5.74) is 0.671. The lowest BCUT2D eigenvalue weighted by Gasteiger charge is -2.11. The fourth-order valence-corrected chi connectivity index (χ4v) is 4.94. The number of halogens is 1. The van der Waals surface area contributed by atoms with E-state index < -0.39 is 10.0 Å². The molecule has 6 nitrogen and oxygen atoms in total. The van der Waals surface area contributed by atoms with Crippen molar-refractivity contribution in [3.8, 4) is 0 Å². The molecule has 4 rings (SSSR count). The molecular formula is C19H16ClN3O3S2. The maximum absolute atomic E-state index is 12.7. The molecule has 28 heavy (non-hydrogen) atoms. The van der Waals surface area contributed by atoms with Gasteiger partial charge < -0.3 is 5.32 Å². The standard InChI is InChI=1S/C19H16ClN3O3S2/c20-15-6-1-2-7-16(15)23-28(25,26)14-5-3-4-13(10-14)22-18(24)17-11-21-19(27-17)12-8-9-12/h1-7,10-12,23H,8-9H2,(H,22,24). The van der Waals surface area contributed by atoms with Gasteiger partial charge in [-0.15, -0.1) is 11.3 Å².